The van der Waals surface area contributed by atoms with Crippen molar-refractivity contribution < 1.29 is 0 Å². The third kappa shape index (κ3) is 3.90. The first-order chi connectivity index (χ1) is 14.3. The Morgan fingerprint density at radius 3 is 2.41 bits per heavy atom. The zero-order chi connectivity index (χ0) is 19.6. The van der Waals surface area contributed by atoms with Crippen molar-refractivity contribution in [2.24, 2.45) is 0 Å². The predicted octanol–water partition coefficient (Wildman–Crippen LogP) is 6.34. The molecule has 3 aromatic carbocycles. The third-order valence-electron chi connectivity index (χ3n) is 6.00. The van der Waals surface area contributed by atoms with Crippen molar-refractivity contribution in [2.75, 3.05) is 6.54 Å². The number of aryl methyl sites for hydroxylation is 2. The lowest BCUT2D eigenvalue weighted by atomic mass is 9.93. The molecule has 3 heteroatoms. The highest BCUT2D eigenvalue weighted by Gasteiger charge is 2.25. The number of hydrogen-bond acceptors (Lipinski definition) is 1. The van der Waals surface area contributed by atoms with Crippen molar-refractivity contribution in [1.29, 1.82) is 0 Å². The number of fused-ring (bicyclic) bond motifs is 3. The Balaban J connectivity index is 1.32. The maximum absolute atomic E-state index is 3.71. The van der Waals surface area contributed by atoms with Crippen LogP contribution in [0.15, 0.2) is 77.3 Å². The van der Waals surface area contributed by atoms with Crippen molar-refractivity contribution in [3.8, 4) is 0 Å². The van der Waals surface area contributed by atoms with E-state index in [0.717, 1.165) is 30.3 Å². The van der Waals surface area contributed by atoms with Crippen LogP contribution in [0, 0.1) is 0 Å². The van der Waals surface area contributed by atoms with Crippen molar-refractivity contribution in [3.05, 3.63) is 105 Å². The highest BCUT2D eigenvalue weighted by molar-refractivity contribution is 9.10. The van der Waals surface area contributed by atoms with E-state index in [0.29, 0.717) is 0 Å². The van der Waals surface area contributed by atoms with Crippen LogP contribution in [0.3, 0.4) is 0 Å². The molecule has 1 unspecified atom stereocenters. The predicted molar refractivity (Wildman–Crippen MR) is 124 cm³/mol. The van der Waals surface area contributed by atoms with Crippen LogP contribution in [0.2, 0.25) is 0 Å². The molecule has 4 aromatic rings. The summed E-state index contributed by atoms with van der Waals surface area (Å²) in [4.78, 5) is 3.68. The lowest BCUT2D eigenvalue weighted by molar-refractivity contribution is 0.560. The fraction of sp³-hybridized carbons (Fsp3) is 0.231. The molecule has 146 valence electrons. The van der Waals surface area contributed by atoms with Gasteiger partial charge in [0, 0.05) is 27.6 Å². The molecule has 2 heterocycles. The highest BCUT2D eigenvalue weighted by atomic mass is 79.9. The summed E-state index contributed by atoms with van der Waals surface area (Å²) in [6, 6.07) is 26.7. The Morgan fingerprint density at radius 1 is 0.862 bits per heavy atom. The van der Waals surface area contributed by atoms with Gasteiger partial charge in [-0.3, -0.25) is 0 Å². The van der Waals surface area contributed by atoms with Crippen LogP contribution >= 0.6 is 15.9 Å². The molecule has 0 saturated carbocycles. The fourth-order valence-electron chi connectivity index (χ4n) is 4.50. The van der Waals surface area contributed by atoms with Crippen LogP contribution in [-0.4, -0.2) is 11.5 Å². The van der Waals surface area contributed by atoms with Gasteiger partial charge in [-0.15, -0.1) is 0 Å². The van der Waals surface area contributed by atoms with Crippen LogP contribution in [0.5, 0.6) is 0 Å². The molecule has 1 atom stereocenters. The van der Waals surface area contributed by atoms with Crippen molar-refractivity contribution in [2.45, 2.75) is 31.7 Å². The number of hydrogen-bond donors (Lipinski definition) is 2. The van der Waals surface area contributed by atoms with Gasteiger partial charge < -0.3 is 10.3 Å². The first-order valence-corrected chi connectivity index (χ1v) is 11.2. The Morgan fingerprint density at radius 2 is 1.62 bits per heavy atom. The summed E-state index contributed by atoms with van der Waals surface area (Å²) in [5, 5.41) is 5.05. The van der Waals surface area contributed by atoms with E-state index in [1.54, 1.807) is 0 Å². The summed E-state index contributed by atoms with van der Waals surface area (Å²) >= 11 is 3.62. The molecule has 2 nitrogen and oxygen atoms in total. The van der Waals surface area contributed by atoms with Crippen molar-refractivity contribution in [3.63, 3.8) is 0 Å². The Bertz CT molecular complexity index is 1110. The van der Waals surface area contributed by atoms with Gasteiger partial charge in [0.25, 0.3) is 0 Å². The molecule has 0 radical (unpaired) electrons. The SMILES string of the molecule is Brc1ccc2[nH]c3c(c2c1)CCNC3c1ccc(CCCc2ccccc2)cc1. The molecule has 1 aliphatic rings. The first kappa shape index (κ1) is 18.7. The minimum atomic E-state index is 0.239. The van der Waals surface area contributed by atoms with E-state index in [4.69, 9.17) is 0 Å². The molecule has 0 fully saturated rings. The van der Waals surface area contributed by atoms with Gasteiger partial charge in [-0.05, 0) is 66.1 Å². The standard InChI is InChI=1S/C26H25BrN2/c27-21-13-14-24-23(17-21)22-15-16-28-25(26(22)29-24)20-11-9-19(10-12-20)8-4-7-18-5-2-1-3-6-18/h1-3,5-6,9-14,17,25,28-29H,4,7-8,15-16H2. The number of rotatable bonds is 5. The number of halogens is 1. The number of aromatic nitrogens is 1. The Kier molecular flexibility index (Phi) is 5.26. The minimum absolute atomic E-state index is 0.239. The summed E-state index contributed by atoms with van der Waals surface area (Å²) in [5.41, 5.74) is 8.18. The molecule has 2 N–H and O–H groups in total. The summed E-state index contributed by atoms with van der Waals surface area (Å²) in [6.45, 7) is 1.01. The van der Waals surface area contributed by atoms with Crippen LogP contribution in [0.25, 0.3) is 10.9 Å². The summed E-state index contributed by atoms with van der Waals surface area (Å²) < 4.78 is 1.14. The van der Waals surface area contributed by atoms with Gasteiger partial charge >= 0.3 is 0 Å². The highest BCUT2D eigenvalue weighted by Crippen LogP contribution is 2.34. The molecule has 0 saturated heterocycles. The second kappa shape index (κ2) is 8.17. The quantitative estimate of drug-likeness (QED) is 0.369. The smallest absolute Gasteiger partial charge is 0.0732 e. The number of aromatic amines is 1. The van der Waals surface area contributed by atoms with E-state index in [1.807, 2.05) is 0 Å². The van der Waals surface area contributed by atoms with Gasteiger partial charge in [0.05, 0.1) is 6.04 Å². The maximum atomic E-state index is 3.71. The largest absolute Gasteiger partial charge is 0.357 e. The van der Waals surface area contributed by atoms with Crippen LogP contribution in [-0.2, 0) is 19.3 Å². The van der Waals surface area contributed by atoms with Crippen LogP contribution < -0.4 is 5.32 Å². The molecule has 1 aliphatic heterocycles. The van der Waals surface area contributed by atoms with Crippen LogP contribution in [0.4, 0.5) is 0 Å². The van der Waals surface area contributed by atoms with E-state index in [1.165, 1.54) is 45.3 Å². The summed E-state index contributed by atoms with van der Waals surface area (Å²) in [6.07, 6.45) is 4.52. The zero-order valence-corrected chi connectivity index (χ0v) is 18.0. The van der Waals surface area contributed by atoms with Crippen molar-refractivity contribution >= 4 is 26.8 Å². The summed E-state index contributed by atoms with van der Waals surface area (Å²) in [7, 11) is 0. The Hall–Kier alpha value is -2.36. The van der Waals surface area contributed by atoms with E-state index in [-0.39, 0.29) is 6.04 Å². The molecule has 0 amide bonds. The number of benzene rings is 3. The first-order valence-electron chi connectivity index (χ1n) is 10.4. The minimum Gasteiger partial charge on any atom is -0.357 e. The number of H-pyrrole nitrogens is 1. The van der Waals surface area contributed by atoms with Crippen molar-refractivity contribution in [1.82, 2.24) is 10.3 Å². The fourth-order valence-corrected chi connectivity index (χ4v) is 4.86. The van der Waals surface area contributed by atoms with Gasteiger partial charge in [0.1, 0.15) is 0 Å². The average molecular weight is 445 g/mol. The molecule has 29 heavy (non-hydrogen) atoms. The Labute approximate surface area is 180 Å². The van der Waals surface area contributed by atoms with Gasteiger partial charge in [-0.1, -0.05) is 70.5 Å². The molecule has 0 bridgehead atoms. The third-order valence-corrected chi connectivity index (χ3v) is 6.49. The molecule has 0 aliphatic carbocycles. The zero-order valence-electron chi connectivity index (χ0n) is 16.4. The number of nitrogens with one attached hydrogen (secondary N) is 2. The van der Waals surface area contributed by atoms with Gasteiger partial charge in [0.2, 0.25) is 0 Å². The molecule has 5 rings (SSSR count). The topological polar surface area (TPSA) is 27.8 Å². The monoisotopic (exact) mass is 444 g/mol. The van der Waals surface area contributed by atoms with Gasteiger partial charge in [0.15, 0.2) is 0 Å². The second-order valence-electron chi connectivity index (χ2n) is 7.93. The van der Waals surface area contributed by atoms with Crippen LogP contribution in [0.1, 0.15) is 40.4 Å². The molecule has 1 aromatic heterocycles. The van der Waals surface area contributed by atoms with E-state index in [2.05, 4.69) is 99.0 Å². The molecule has 0 spiro atoms. The van der Waals surface area contributed by atoms with E-state index in [9.17, 15) is 0 Å². The average Bonchev–Trinajstić information content (AvgIpc) is 3.13. The van der Waals surface area contributed by atoms with Gasteiger partial charge in [-0.2, -0.15) is 0 Å². The van der Waals surface area contributed by atoms with E-state index >= 15 is 0 Å². The summed E-state index contributed by atoms with van der Waals surface area (Å²) in [5.74, 6) is 0. The lowest BCUT2D eigenvalue weighted by Crippen LogP contribution is -2.30. The molecular weight excluding hydrogens is 420 g/mol. The molecular formula is C26H25BrN2. The second-order valence-corrected chi connectivity index (χ2v) is 8.84. The van der Waals surface area contributed by atoms with E-state index < -0.39 is 0 Å². The van der Waals surface area contributed by atoms with Gasteiger partial charge in [-0.25, -0.2) is 0 Å². The normalized spacial score (nSPS) is 16.1. The maximum Gasteiger partial charge on any atom is 0.0732 e. The lowest BCUT2D eigenvalue weighted by Gasteiger charge is -2.25.